The normalized spacial score (nSPS) is 9.92. The first-order valence-electron chi connectivity index (χ1n) is 7.20. The van der Waals surface area contributed by atoms with Crippen molar-refractivity contribution in [3.63, 3.8) is 0 Å². The molecule has 3 aromatic rings. The van der Waals surface area contributed by atoms with Crippen LogP contribution in [0.5, 0.6) is 11.6 Å². The highest BCUT2D eigenvalue weighted by molar-refractivity contribution is 6.32. The van der Waals surface area contributed by atoms with E-state index in [2.05, 4.69) is 15.3 Å². The van der Waals surface area contributed by atoms with E-state index in [0.717, 1.165) is 0 Å². The highest BCUT2D eigenvalue weighted by Gasteiger charge is 2.12. The zero-order valence-corrected chi connectivity index (χ0v) is 13.6. The van der Waals surface area contributed by atoms with Gasteiger partial charge in [0, 0.05) is 12.4 Å². The molecule has 0 atom stereocenters. The monoisotopic (exact) mass is 350 g/mol. The maximum absolute atomic E-state index is 12.2. The van der Waals surface area contributed by atoms with Gasteiger partial charge in [-0.05, 0) is 42.5 Å². The Morgan fingerprint density at radius 2 is 2.00 bits per heavy atom. The van der Waals surface area contributed by atoms with Crippen LogP contribution in [0.3, 0.4) is 0 Å². The molecule has 0 radical (unpaired) electrons. The third-order valence-electron chi connectivity index (χ3n) is 3.19. The van der Waals surface area contributed by atoms with Crippen LogP contribution in [0.25, 0.3) is 0 Å². The highest BCUT2D eigenvalue weighted by Crippen LogP contribution is 2.28. The second kappa shape index (κ2) is 7.43. The van der Waals surface area contributed by atoms with E-state index in [-0.39, 0.29) is 16.8 Å². The number of carbonyl (C=O) groups excluding carboxylic acids is 1. The van der Waals surface area contributed by atoms with Crippen LogP contribution in [0.1, 0.15) is 15.9 Å². The van der Waals surface area contributed by atoms with E-state index >= 15 is 0 Å². The molecule has 25 heavy (non-hydrogen) atoms. The fourth-order valence-electron chi connectivity index (χ4n) is 1.97. The number of hydrogen-bond donors (Lipinski definition) is 1. The summed E-state index contributed by atoms with van der Waals surface area (Å²) in [6.45, 7) is 0. The Kier molecular flexibility index (Phi) is 4.88. The second-order valence-corrected chi connectivity index (χ2v) is 5.35. The minimum absolute atomic E-state index is 0.171. The molecule has 7 heteroatoms. The first-order valence-corrected chi connectivity index (χ1v) is 7.58. The summed E-state index contributed by atoms with van der Waals surface area (Å²) < 4.78 is 5.57. The van der Waals surface area contributed by atoms with E-state index in [4.69, 9.17) is 21.6 Å². The van der Waals surface area contributed by atoms with Crippen molar-refractivity contribution in [1.82, 2.24) is 9.97 Å². The summed E-state index contributed by atoms with van der Waals surface area (Å²) in [6, 6.07) is 13.5. The standard InChI is InChI=1S/C18H11ClN4O2/c19-16-8-13(17(24)23-14-2-1-7-21-11-14)10-22-18(16)25-15-5-3-12(9-20)4-6-15/h1-8,10-11H,(H,23,24). The van der Waals surface area contributed by atoms with E-state index in [1.54, 1.807) is 42.6 Å². The molecule has 0 aliphatic heterocycles. The van der Waals surface area contributed by atoms with Crippen LogP contribution in [0, 0.1) is 11.3 Å². The third kappa shape index (κ3) is 4.10. The number of nitrogens with one attached hydrogen (secondary N) is 1. The van der Waals surface area contributed by atoms with Gasteiger partial charge >= 0.3 is 0 Å². The zero-order valence-electron chi connectivity index (χ0n) is 12.8. The zero-order chi connectivity index (χ0) is 17.6. The molecule has 0 saturated heterocycles. The number of carbonyl (C=O) groups is 1. The number of anilines is 1. The van der Waals surface area contributed by atoms with Gasteiger partial charge in [-0.1, -0.05) is 11.6 Å². The van der Waals surface area contributed by atoms with Gasteiger partial charge in [-0.15, -0.1) is 0 Å². The number of pyridine rings is 2. The van der Waals surface area contributed by atoms with Gasteiger partial charge in [0.25, 0.3) is 5.91 Å². The lowest BCUT2D eigenvalue weighted by atomic mass is 10.2. The van der Waals surface area contributed by atoms with E-state index in [0.29, 0.717) is 22.6 Å². The molecule has 1 N–H and O–H groups in total. The molecule has 0 fully saturated rings. The van der Waals surface area contributed by atoms with Crippen LogP contribution >= 0.6 is 11.6 Å². The summed E-state index contributed by atoms with van der Waals surface area (Å²) in [5.74, 6) is 0.303. The van der Waals surface area contributed by atoms with Crippen LogP contribution < -0.4 is 10.1 Å². The Labute approximate surface area is 148 Å². The largest absolute Gasteiger partial charge is 0.438 e. The summed E-state index contributed by atoms with van der Waals surface area (Å²) in [6.07, 6.45) is 4.52. The van der Waals surface area contributed by atoms with Gasteiger partial charge < -0.3 is 10.1 Å². The van der Waals surface area contributed by atoms with Gasteiger partial charge in [-0.25, -0.2) is 4.98 Å². The maximum Gasteiger partial charge on any atom is 0.257 e. The van der Waals surface area contributed by atoms with Crippen LogP contribution in [-0.4, -0.2) is 15.9 Å². The summed E-state index contributed by atoms with van der Waals surface area (Å²) in [5.41, 5.74) is 1.39. The van der Waals surface area contributed by atoms with Crippen LogP contribution in [0.15, 0.2) is 61.1 Å². The first kappa shape index (κ1) is 16.4. The molecule has 0 saturated carbocycles. The minimum atomic E-state index is -0.354. The fraction of sp³-hybridized carbons (Fsp3) is 0. The summed E-state index contributed by atoms with van der Waals surface area (Å²) in [7, 11) is 0. The third-order valence-corrected chi connectivity index (χ3v) is 3.46. The highest BCUT2D eigenvalue weighted by atomic mass is 35.5. The molecule has 0 spiro atoms. The number of rotatable bonds is 4. The number of benzene rings is 1. The lowest BCUT2D eigenvalue weighted by molar-refractivity contribution is 0.102. The van der Waals surface area contributed by atoms with Crippen molar-refractivity contribution in [3.05, 3.63) is 77.2 Å². The number of ether oxygens (including phenoxy) is 1. The molecule has 6 nitrogen and oxygen atoms in total. The topological polar surface area (TPSA) is 87.9 Å². The molecule has 0 aliphatic rings. The summed E-state index contributed by atoms with van der Waals surface area (Å²) in [4.78, 5) is 20.2. The SMILES string of the molecule is N#Cc1ccc(Oc2ncc(C(=O)Nc3cccnc3)cc2Cl)cc1. The Bertz CT molecular complexity index is 938. The number of aromatic nitrogens is 2. The molecule has 0 bridgehead atoms. The maximum atomic E-state index is 12.2. The van der Waals surface area contributed by atoms with Crippen molar-refractivity contribution in [2.45, 2.75) is 0 Å². The average Bonchev–Trinajstić information content (AvgIpc) is 2.65. The number of halogens is 1. The lowest BCUT2D eigenvalue weighted by Crippen LogP contribution is -2.12. The Hall–Kier alpha value is -3.43. The van der Waals surface area contributed by atoms with Gasteiger partial charge in [0.15, 0.2) is 0 Å². The van der Waals surface area contributed by atoms with Crippen molar-refractivity contribution in [2.24, 2.45) is 0 Å². The first-order chi connectivity index (χ1) is 12.2. The summed E-state index contributed by atoms with van der Waals surface area (Å²) >= 11 is 6.15. The predicted octanol–water partition coefficient (Wildman–Crippen LogP) is 4.05. The smallest absolute Gasteiger partial charge is 0.257 e. The van der Waals surface area contributed by atoms with Crippen LogP contribution in [0.2, 0.25) is 5.02 Å². The lowest BCUT2D eigenvalue weighted by Gasteiger charge is -2.08. The van der Waals surface area contributed by atoms with Crippen molar-refractivity contribution in [1.29, 1.82) is 5.26 Å². The molecule has 2 heterocycles. The van der Waals surface area contributed by atoms with Gasteiger partial charge in [-0.2, -0.15) is 5.26 Å². The van der Waals surface area contributed by atoms with Gasteiger partial charge in [0.2, 0.25) is 5.88 Å². The Balaban J connectivity index is 1.73. The van der Waals surface area contributed by atoms with Crippen LogP contribution in [-0.2, 0) is 0 Å². The molecular formula is C18H11ClN4O2. The number of hydrogen-bond acceptors (Lipinski definition) is 5. The van der Waals surface area contributed by atoms with Crippen molar-refractivity contribution >= 4 is 23.2 Å². The molecule has 1 amide bonds. The van der Waals surface area contributed by atoms with Crippen molar-refractivity contribution < 1.29 is 9.53 Å². The number of nitriles is 1. The van der Waals surface area contributed by atoms with Gasteiger partial charge in [0.05, 0.1) is 29.1 Å². The Morgan fingerprint density at radius 3 is 2.64 bits per heavy atom. The Morgan fingerprint density at radius 1 is 1.20 bits per heavy atom. The molecule has 2 aromatic heterocycles. The second-order valence-electron chi connectivity index (χ2n) is 4.95. The number of amides is 1. The average molecular weight is 351 g/mol. The molecule has 0 aliphatic carbocycles. The van der Waals surface area contributed by atoms with E-state index in [9.17, 15) is 4.79 Å². The van der Waals surface area contributed by atoms with E-state index in [1.165, 1.54) is 18.5 Å². The van der Waals surface area contributed by atoms with Crippen molar-refractivity contribution in [2.75, 3.05) is 5.32 Å². The predicted molar refractivity (Wildman–Crippen MR) is 92.7 cm³/mol. The van der Waals surface area contributed by atoms with Crippen molar-refractivity contribution in [3.8, 4) is 17.7 Å². The molecule has 0 unspecified atom stereocenters. The molecule has 3 rings (SSSR count). The van der Waals surface area contributed by atoms with Gasteiger partial charge in [0.1, 0.15) is 10.8 Å². The quantitative estimate of drug-likeness (QED) is 0.767. The van der Waals surface area contributed by atoms with E-state index < -0.39 is 0 Å². The van der Waals surface area contributed by atoms with Gasteiger partial charge in [-0.3, -0.25) is 9.78 Å². The van der Waals surface area contributed by atoms with E-state index in [1.807, 2.05) is 6.07 Å². The molecule has 1 aromatic carbocycles. The molecule has 122 valence electrons. The molecular weight excluding hydrogens is 340 g/mol. The summed E-state index contributed by atoms with van der Waals surface area (Å²) in [5, 5.41) is 11.7. The minimum Gasteiger partial charge on any atom is -0.438 e. The van der Waals surface area contributed by atoms with Crippen LogP contribution in [0.4, 0.5) is 5.69 Å². The fourth-order valence-corrected chi connectivity index (χ4v) is 2.18. The number of nitrogens with zero attached hydrogens (tertiary/aromatic N) is 3.